The number of phenols is 2. The minimum Gasteiger partial charge on any atom is -0.508 e. The maximum atomic E-state index is 11.7. The Labute approximate surface area is 117 Å². The zero-order valence-corrected chi connectivity index (χ0v) is 11.2. The highest BCUT2D eigenvalue weighted by atomic mass is 16.5. The number of rotatable bonds is 4. The third-order valence-electron chi connectivity index (χ3n) is 3.14. The van der Waals surface area contributed by atoms with Gasteiger partial charge < -0.3 is 14.9 Å². The number of carbonyl (C=O) groups is 1. The van der Waals surface area contributed by atoms with Gasteiger partial charge in [0.25, 0.3) is 0 Å². The normalized spacial score (nSPS) is 10.2. The third-order valence-corrected chi connectivity index (χ3v) is 3.14. The number of methoxy groups -OCH3 is 1. The van der Waals surface area contributed by atoms with E-state index >= 15 is 0 Å². The first kappa shape index (κ1) is 13.9. The highest BCUT2D eigenvalue weighted by Gasteiger charge is 2.16. The second-order valence-electron chi connectivity index (χ2n) is 4.47. The molecule has 2 aromatic rings. The van der Waals surface area contributed by atoms with Gasteiger partial charge in [-0.05, 0) is 42.2 Å². The van der Waals surface area contributed by atoms with E-state index in [-0.39, 0.29) is 17.1 Å². The van der Waals surface area contributed by atoms with E-state index in [1.807, 2.05) is 12.1 Å². The van der Waals surface area contributed by atoms with Crippen LogP contribution in [0.2, 0.25) is 0 Å². The minimum absolute atomic E-state index is 0.0694. The molecule has 0 heterocycles. The fourth-order valence-electron chi connectivity index (χ4n) is 2.07. The summed E-state index contributed by atoms with van der Waals surface area (Å²) < 4.78 is 4.69. The van der Waals surface area contributed by atoms with Crippen molar-refractivity contribution in [3.05, 3.63) is 59.2 Å². The molecule has 0 fully saturated rings. The molecule has 104 valence electrons. The molecule has 0 spiro atoms. The lowest BCUT2D eigenvalue weighted by Gasteiger charge is -2.09. The van der Waals surface area contributed by atoms with Crippen LogP contribution < -0.4 is 0 Å². The van der Waals surface area contributed by atoms with Gasteiger partial charge in [0.05, 0.1) is 7.11 Å². The number of phenolic OH excluding ortho intramolecular Hbond substituents is 2. The average Bonchev–Trinajstić information content (AvgIpc) is 2.46. The summed E-state index contributed by atoms with van der Waals surface area (Å²) in [5, 5.41) is 19.0. The summed E-state index contributed by atoms with van der Waals surface area (Å²) in [6.45, 7) is 0. The van der Waals surface area contributed by atoms with Crippen molar-refractivity contribution in [2.45, 2.75) is 12.8 Å². The van der Waals surface area contributed by atoms with Crippen LogP contribution in [-0.4, -0.2) is 23.3 Å². The molecule has 0 unspecified atom stereocenters. The Hall–Kier alpha value is -2.49. The Balaban J connectivity index is 2.19. The third kappa shape index (κ3) is 3.09. The van der Waals surface area contributed by atoms with E-state index in [2.05, 4.69) is 0 Å². The summed E-state index contributed by atoms with van der Waals surface area (Å²) in [7, 11) is 1.29. The second kappa shape index (κ2) is 6.10. The number of benzene rings is 2. The fraction of sp³-hybridized carbons (Fsp3) is 0.188. The van der Waals surface area contributed by atoms with Crippen LogP contribution in [0.4, 0.5) is 0 Å². The number of aromatic hydroxyl groups is 2. The molecule has 0 aliphatic rings. The van der Waals surface area contributed by atoms with Gasteiger partial charge in [0.15, 0.2) is 0 Å². The molecule has 0 atom stereocenters. The topological polar surface area (TPSA) is 66.8 Å². The van der Waals surface area contributed by atoms with Gasteiger partial charge >= 0.3 is 5.97 Å². The maximum Gasteiger partial charge on any atom is 0.341 e. The molecule has 0 radical (unpaired) electrons. The molecule has 2 aromatic carbocycles. The first-order chi connectivity index (χ1) is 9.61. The summed E-state index contributed by atoms with van der Waals surface area (Å²) in [5.74, 6) is -0.384. The van der Waals surface area contributed by atoms with Gasteiger partial charge in [-0.2, -0.15) is 0 Å². The largest absolute Gasteiger partial charge is 0.508 e. The van der Waals surface area contributed by atoms with Crippen molar-refractivity contribution in [3.8, 4) is 11.5 Å². The number of carbonyl (C=O) groups excluding carboxylic acids is 1. The van der Waals surface area contributed by atoms with E-state index in [4.69, 9.17) is 4.74 Å². The summed E-state index contributed by atoms with van der Waals surface area (Å²) in [5.41, 5.74) is 2.00. The standard InChI is InChI=1S/C16H16O4/c1-20-16(19)15-12(3-2-4-14(15)18)8-5-11-6-9-13(17)10-7-11/h2-4,6-7,9-10,17-18H,5,8H2,1H3. The molecule has 0 aromatic heterocycles. The van der Waals surface area contributed by atoms with Gasteiger partial charge in [0.1, 0.15) is 17.1 Å². The molecule has 0 saturated carbocycles. The molecule has 20 heavy (non-hydrogen) atoms. The first-order valence-electron chi connectivity index (χ1n) is 6.29. The molecule has 4 nitrogen and oxygen atoms in total. The molecular weight excluding hydrogens is 256 g/mol. The van der Waals surface area contributed by atoms with Crippen molar-refractivity contribution in [1.29, 1.82) is 0 Å². The monoisotopic (exact) mass is 272 g/mol. The first-order valence-corrected chi connectivity index (χ1v) is 6.29. The van der Waals surface area contributed by atoms with E-state index in [0.29, 0.717) is 12.8 Å². The number of aryl methyl sites for hydroxylation is 2. The van der Waals surface area contributed by atoms with Gasteiger partial charge in [-0.1, -0.05) is 24.3 Å². The van der Waals surface area contributed by atoms with Crippen LogP contribution in [0.1, 0.15) is 21.5 Å². The highest BCUT2D eigenvalue weighted by Crippen LogP contribution is 2.23. The van der Waals surface area contributed by atoms with Crippen molar-refractivity contribution < 1.29 is 19.7 Å². The molecule has 0 amide bonds. The van der Waals surface area contributed by atoms with Crippen molar-refractivity contribution in [1.82, 2.24) is 0 Å². The Morgan fingerprint density at radius 2 is 1.75 bits per heavy atom. The zero-order valence-electron chi connectivity index (χ0n) is 11.2. The Morgan fingerprint density at radius 1 is 1.05 bits per heavy atom. The average molecular weight is 272 g/mol. The predicted molar refractivity (Wildman–Crippen MR) is 75.0 cm³/mol. The van der Waals surface area contributed by atoms with Crippen LogP contribution in [0, 0.1) is 0 Å². The minimum atomic E-state index is -0.538. The summed E-state index contributed by atoms with van der Waals surface area (Å²) in [4.78, 5) is 11.7. The number of hydrogen-bond donors (Lipinski definition) is 2. The second-order valence-corrected chi connectivity index (χ2v) is 4.47. The Bertz CT molecular complexity index is 602. The molecule has 0 aliphatic heterocycles. The van der Waals surface area contributed by atoms with E-state index in [1.165, 1.54) is 13.2 Å². The fourth-order valence-corrected chi connectivity index (χ4v) is 2.07. The maximum absolute atomic E-state index is 11.7. The lowest BCUT2D eigenvalue weighted by atomic mass is 9.99. The van der Waals surface area contributed by atoms with Crippen LogP contribution in [-0.2, 0) is 17.6 Å². The molecule has 0 aliphatic carbocycles. The summed E-state index contributed by atoms with van der Waals surface area (Å²) in [6, 6.07) is 11.9. The van der Waals surface area contributed by atoms with Crippen LogP contribution >= 0.6 is 0 Å². The predicted octanol–water partition coefficient (Wildman–Crippen LogP) is 2.67. The number of ether oxygens (including phenoxy) is 1. The van der Waals surface area contributed by atoms with Crippen LogP contribution in [0.15, 0.2) is 42.5 Å². The van der Waals surface area contributed by atoms with Crippen molar-refractivity contribution in [2.24, 2.45) is 0 Å². The Kier molecular flexibility index (Phi) is 4.25. The van der Waals surface area contributed by atoms with E-state index < -0.39 is 5.97 Å². The molecule has 2 rings (SSSR count). The summed E-state index contributed by atoms with van der Waals surface area (Å²) >= 11 is 0. The lowest BCUT2D eigenvalue weighted by molar-refractivity contribution is 0.0596. The SMILES string of the molecule is COC(=O)c1c(O)cccc1CCc1ccc(O)cc1. The zero-order chi connectivity index (χ0) is 14.5. The van der Waals surface area contributed by atoms with Crippen LogP contribution in [0.3, 0.4) is 0 Å². The van der Waals surface area contributed by atoms with Crippen LogP contribution in [0.25, 0.3) is 0 Å². The molecule has 0 saturated heterocycles. The van der Waals surface area contributed by atoms with E-state index in [9.17, 15) is 15.0 Å². The molecule has 0 bridgehead atoms. The van der Waals surface area contributed by atoms with E-state index in [0.717, 1.165) is 11.1 Å². The van der Waals surface area contributed by atoms with Crippen molar-refractivity contribution >= 4 is 5.97 Å². The molecule has 4 heteroatoms. The van der Waals surface area contributed by atoms with Gasteiger partial charge in [-0.15, -0.1) is 0 Å². The van der Waals surface area contributed by atoms with Crippen molar-refractivity contribution in [3.63, 3.8) is 0 Å². The number of hydrogen-bond acceptors (Lipinski definition) is 4. The van der Waals surface area contributed by atoms with Gasteiger partial charge in [-0.25, -0.2) is 4.79 Å². The number of esters is 1. The smallest absolute Gasteiger partial charge is 0.341 e. The highest BCUT2D eigenvalue weighted by molar-refractivity contribution is 5.94. The summed E-state index contributed by atoms with van der Waals surface area (Å²) in [6.07, 6.45) is 1.30. The lowest BCUT2D eigenvalue weighted by Crippen LogP contribution is -2.07. The van der Waals surface area contributed by atoms with Gasteiger partial charge in [0.2, 0.25) is 0 Å². The van der Waals surface area contributed by atoms with Gasteiger partial charge in [-0.3, -0.25) is 0 Å². The van der Waals surface area contributed by atoms with Crippen LogP contribution in [0.5, 0.6) is 11.5 Å². The Morgan fingerprint density at radius 3 is 2.40 bits per heavy atom. The van der Waals surface area contributed by atoms with Crippen molar-refractivity contribution in [2.75, 3.05) is 7.11 Å². The quantitative estimate of drug-likeness (QED) is 0.840. The van der Waals surface area contributed by atoms with Gasteiger partial charge in [0, 0.05) is 0 Å². The molecular formula is C16H16O4. The molecule has 2 N–H and O–H groups in total. The van der Waals surface area contributed by atoms with E-state index in [1.54, 1.807) is 24.3 Å².